The topological polar surface area (TPSA) is 72.5 Å². The third kappa shape index (κ3) is 5.22. The number of carbonyl (C=O) groups excluding carboxylic acids is 1. The van der Waals surface area contributed by atoms with Gasteiger partial charge in [0.1, 0.15) is 23.1 Å². The Bertz CT molecular complexity index is 995. The van der Waals surface area contributed by atoms with Gasteiger partial charge >= 0.3 is 0 Å². The molecule has 0 spiro atoms. The average molecular weight is 395 g/mol. The number of pyridine rings is 1. The number of rotatable bonds is 8. The van der Waals surface area contributed by atoms with Gasteiger partial charge < -0.3 is 20.1 Å². The number of halogens is 1. The molecular weight excluding hydrogens is 373 g/mol. The highest BCUT2D eigenvalue weighted by molar-refractivity contribution is 6.05. The second-order valence-corrected chi connectivity index (χ2v) is 6.22. The quantitative estimate of drug-likeness (QED) is 0.600. The molecule has 0 radical (unpaired) electrons. The van der Waals surface area contributed by atoms with E-state index in [1.807, 2.05) is 0 Å². The molecule has 0 atom stereocenters. The minimum Gasteiger partial charge on any atom is -0.497 e. The highest BCUT2D eigenvalue weighted by Gasteiger charge is 2.12. The predicted octanol–water partition coefficient (Wildman–Crippen LogP) is 4.14. The summed E-state index contributed by atoms with van der Waals surface area (Å²) in [5.74, 6) is 1.12. The van der Waals surface area contributed by atoms with E-state index >= 15 is 0 Å². The van der Waals surface area contributed by atoms with Gasteiger partial charge in [-0.25, -0.2) is 9.37 Å². The van der Waals surface area contributed by atoms with Crippen molar-refractivity contribution >= 4 is 17.4 Å². The number of nitrogens with one attached hydrogen (secondary N) is 2. The zero-order valence-corrected chi connectivity index (χ0v) is 16.2. The van der Waals surface area contributed by atoms with E-state index in [1.165, 1.54) is 13.2 Å². The molecule has 2 aromatic carbocycles. The summed E-state index contributed by atoms with van der Waals surface area (Å²) in [6.07, 6.45) is 2.05. The second kappa shape index (κ2) is 9.54. The first kappa shape index (κ1) is 20.1. The third-order valence-electron chi connectivity index (χ3n) is 4.34. The maximum atomic E-state index is 13.7. The first-order valence-corrected chi connectivity index (χ1v) is 9.07. The van der Waals surface area contributed by atoms with Crippen molar-refractivity contribution in [3.8, 4) is 11.5 Å². The van der Waals surface area contributed by atoms with Crippen molar-refractivity contribution in [2.45, 2.75) is 6.42 Å². The van der Waals surface area contributed by atoms with Crippen molar-refractivity contribution in [1.82, 2.24) is 4.98 Å². The molecule has 0 fully saturated rings. The molecule has 150 valence electrons. The number of nitrogens with zero attached hydrogens (tertiary/aromatic N) is 1. The SMILES string of the molecule is COc1ccc(OC)c(NC(=O)c2ccnc(NCCc3ccccc3F)c2)c1. The number of methoxy groups -OCH3 is 2. The number of anilines is 2. The minimum absolute atomic E-state index is 0.234. The van der Waals surface area contributed by atoms with Crippen LogP contribution in [0.5, 0.6) is 11.5 Å². The minimum atomic E-state index is -0.309. The summed E-state index contributed by atoms with van der Waals surface area (Å²) in [5, 5.41) is 5.94. The van der Waals surface area contributed by atoms with Crippen LogP contribution in [0.25, 0.3) is 0 Å². The summed E-state index contributed by atoms with van der Waals surface area (Å²) >= 11 is 0. The first-order chi connectivity index (χ1) is 14.1. The van der Waals surface area contributed by atoms with E-state index < -0.39 is 0 Å². The molecule has 0 aliphatic carbocycles. The smallest absolute Gasteiger partial charge is 0.255 e. The molecule has 0 aliphatic rings. The van der Waals surface area contributed by atoms with E-state index in [4.69, 9.17) is 9.47 Å². The Kier molecular flexibility index (Phi) is 6.63. The largest absolute Gasteiger partial charge is 0.497 e. The van der Waals surface area contributed by atoms with E-state index in [1.54, 1.807) is 61.8 Å². The standard InChI is InChI=1S/C22H22FN3O3/c1-28-17-7-8-20(29-2)19(14-17)26-22(27)16-10-12-25-21(13-16)24-11-9-15-5-3-4-6-18(15)23/h3-8,10,12-14H,9,11H2,1-2H3,(H,24,25)(H,26,27). The number of hydrogen-bond donors (Lipinski definition) is 2. The lowest BCUT2D eigenvalue weighted by Gasteiger charge is -2.12. The highest BCUT2D eigenvalue weighted by Crippen LogP contribution is 2.29. The van der Waals surface area contributed by atoms with E-state index in [9.17, 15) is 9.18 Å². The summed E-state index contributed by atoms with van der Waals surface area (Å²) in [6, 6.07) is 15.1. The maximum absolute atomic E-state index is 13.7. The summed E-state index contributed by atoms with van der Waals surface area (Å²) < 4.78 is 24.2. The normalized spacial score (nSPS) is 10.3. The van der Waals surface area contributed by atoms with Gasteiger partial charge in [0.2, 0.25) is 0 Å². The summed E-state index contributed by atoms with van der Waals surface area (Å²) in [6.45, 7) is 0.489. The Balaban J connectivity index is 1.66. The van der Waals surface area contributed by atoms with Crippen LogP contribution in [-0.2, 0) is 6.42 Å². The Labute approximate surface area is 168 Å². The molecule has 0 saturated heterocycles. The van der Waals surface area contributed by atoms with Crippen LogP contribution < -0.4 is 20.1 Å². The second-order valence-electron chi connectivity index (χ2n) is 6.22. The Morgan fingerprint density at radius 1 is 1.07 bits per heavy atom. The van der Waals surface area contributed by atoms with E-state index in [2.05, 4.69) is 15.6 Å². The van der Waals surface area contributed by atoms with E-state index in [0.29, 0.717) is 47.1 Å². The molecule has 0 aliphatic heterocycles. The van der Waals surface area contributed by atoms with Crippen LogP contribution in [0.3, 0.4) is 0 Å². The van der Waals surface area contributed by atoms with Crippen LogP contribution in [0.15, 0.2) is 60.8 Å². The summed E-state index contributed by atoms with van der Waals surface area (Å²) in [4.78, 5) is 16.9. The van der Waals surface area contributed by atoms with Gasteiger partial charge in [0.05, 0.1) is 19.9 Å². The lowest BCUT2D eigenvalue weighted by molar-refractivity contribution is 0.102. The lowest BCUT2D eigenvalue weighted by atomic mass is 10.1. The van der Waals surface area contributed by atoms with Crippen molar-refractivity contribution in [3.05, 3.63) is 77.7 Å². The molecule has 0 unspecified atom stereocenters. The van der Waals surface area contributed by atoms with Crippen molar-refractivity contribution in [1.29, 1.82) is 0 Å². The van der Waals surface area contributed by atoms with Crippen molar-refractivity contribution in [3.63, 3.8) is 0 Å². The molecule has 2 N–H and O–H groups in total. The van der Waals surface area contributed by atoms with Crippen LogP contribution in [0, 0.1) is 5.82 Å². The zero-order valence-electron chi connectivity index (χ0n) is 16.2. The highest BCUT2D eigenvalue weighted by atomic mass is 19.1. The van der Waals surface area contributed by atoms with Crippen LogP contribution in [0.4, 0.5) is 15.9 Å². The van der Waals surface area contributed by atoms with Crippen LogP contribution in [0.2, 0.25) is 0 Å². The molecule has 3 rings (SSSR count). The molecule has 1 aromatic heterocycles. The molecule has 1 amide bonds. The summed E-state index contributed by atoms with van der Waals surface area (Å²) in [5.41, 5.74) is 1.56. The molecule has 0 saturated carbocycles. The van der Waals surface area contributed by atoms with Gasteiger partial charge in [0.15, 0.2) is 0 Å². The fraction of sp³-hybridized carbons (Fsp3) is 0.182. The van der Waals surface area contributed by atoms with E-state index in [0.717, 1.165) is 0 Å². The summed E-state index contributed by atoms with van der Waals surface area (Å²) in [7, 11) is 3.08. The number of ether oxygens (including phenoxy) is 2. The molecule has 1 heterocycles. The van der Waals surface area contributed by atoms with Crippen LogP contribution in [0.1, 0.15) is 15.9 Å². The molecule has 7 heteroatoms. The van der Waals surface area contributed by atoms with Gasteiger partial charge in [0, 0.05) is 24.4 Å². The number of hydrogen-bond acceptors (Lipinski definition) is 5. The molecule has 3 aromatic rings. The maximum Gasteiger partial charge on any atom is 0.255 e. The fourth-order valence-corrected chi connectivity index (χ4v) is 2.80. The number of aromatic nitrogens is 1. The van der Waals surface area contributed by atoms with Gasteiger partial charge in [-0.2, -0.15) is 0 Å². The molecule has 0 bridgehead atoms. The number of amides is 1. The third-order valence-corrected chi connectivity index (χ3v) is 4.34. The Morgan fingerprint density at radius 2 is 1.90 bits per heavy atom. The van der Waals surface area contributed by atoms with Crippen LogP contribution >= 0.6 is 0 Å². The van der Waals surface area contributed by atoms with Gasteiger partial charge in [-0.3, -0.25) is 4.79 Å². The number of benzene rings is 2. The average Bonchev–Trinajstić information content (AvgIpc) is 2.75. The van der Waals surface area contributed by atoms with Crippen molar-refractivity contribution < 1.29 is 18.7 Å². The van der Waals surface area contributed by atoms with Gasteiger partial charge in [-0.15, -0.1) is 0 Å². The van der Waals surface area contributed by atoms with E-state index in [-0.39, 0.29) is 11.7 Å². The number of carbonyl (C=O) groups is 1. The molecule has 6 nitrogen and oxygen atoms in total. The van der Waals surface area contributed by atoms with Crippen LogP contribution in [-0.4, -0.2) is 31.7 Å². The van der Waals surface area contributed by atoms with Gasteiger partial charge in [-0.1, -0.05) is 18.2 Å². The molecule has 29 heavy (non-hydrogen) atoms. The Morgan fingerprint density at radius 3 is 2.66 bits per heavy atom. The fourth-order valence-electron chi connectivity index (χ4n) is 2.80. The zero-order chi connectivity index (χ0) is 20.6. The lowest BCUT2D eigenvalue weighted by Crippen LogP contribution is -2.14. The van der Waals surface area contributed by atoms with Crippen molar-refractivity contribution in [2.24, 2.45) is 0 Å². The van der Waals surface area contributed by atoms with Gasteiger partial charge in [0.25, 0.3) is 5.91 Å². The molecular formula is C22H22FN3O3. The monoisotopic (exact) mass is 395 g/mol. The van der Waals surface area contributed by atoms with Crippen molar-refractivity contribution in [2.75, 3.05) is 31.4 Å². The predicted molar refractivity (Wildman–Crippen MR) is 110 cm³/mol. The van der Waals surface area contributed by atoms with Gasteiger partial charge in [-0.05, 0) is 42.3 Å². The first-order valence-electron chi connectivity index (χ1n) is 9.07. The Hall–Kier alpha value is -3.61.